The molecular weight excluding hydrogens is 242 g/mol. The number of hydrogen-bond acceptors (Lipinski definition) is 3. The van der Waals surface area contributed by atoms with Gasteiger partial charge < -0.3 is 9.64 Å². The lowest BCUT2D eigenvalue weighted by Gasteiger charge is -2.33. The largest absolute Gasteiger partial charge is 0.378 e. The molecule has 3 heterocycles. The summed E-state index contributed by atoms with van der Waals surface area (Å²) in [5.41, 5.74) is 0. The van der Waals surface area contributed by atoms with Crippen molar-refractivity contribution in [1.29, 1.82) is 0 Å². The minimum Gasteiger partial charge on any atom is -0.378 e. The van der Waals surface area contributed by atoms with Gasteiger partial charge in [-0.1, -0.05) is 0 Å². The molecule has 3 rings (SSSR count). The van der Waals surface area contributed by atoms with Gasteiger partial charge in [-0.05, 0) is 31.7 Å². The maximum absolute atomic E-state index is 12.3. The highest BCUT2D eigenvalue weighted by Crippen LogP contribution is 2.23. The highest BCUT2D eigenvalue weighted by molar-refractivity contribution is 5.76. The molecule has 2 saturated heterocycles. The molecule has 2 aliphatic rings. The van der Waals surface area contributed by atoms with Gasteiger partial charge in [0, 0.05) is 32.1 Å². The van der Waals surface area contributed by atoms with Crippen molar-refractivity contribution in [1.82, 2.24) is 14.7 Å². The fourth-order valence-electron chi connectivity index (χ4n) is 3.02. The molecule has 0 unspecified atom stereocenters. The zero-order valence-electron chi connectivity index (χ0n) is 11.2. The molecule has 5 heteroatoms. The Bertz CT molecular complexity index is 412. The average molecular weight is 263 g/mol. The van der Waals surface area contributed by atoms with Crippen molar-refractivity contribution in [2.24, 2.45) is 0 Å². The molecule has 0 spiro atoms. The maximum Gasteiger partial charge on any atom is 0.225 e. The van der Waals surface area contributed by atoms with Gasteiger partial charge in [0.05, 0.1) is 18.6 Å². The van der Waals surface area contributed by atoms with Crippen LogP contribution in [0, 0.1) is 0 Å². The maximum atomic E-state index is 12.3. The van der Waals surface area contributed by atoms with Crippen molar-refractivity contribution >= 4 is 5.91 Å². The van der Waals surface area contributed by atoms with Crippen LogP contribution < -0.4 is 0 Å². The summed E-state index contributed by atoms with van der Waals surface area (Å²) in [4.78, 5) is 14.3. The van der Waals surface area contributed by atoms with Gasteiger partial charge in [-0.25, -0.2) is 0 Å². The summed E-state index contributed by atoms with van der Waals surface area (Å²) in [6, 6.07) is 2.27. The lowest BCUT2D eigenvalue weighted by Crippen LogP contribution is -2.41. The SMILES string of the molecule is O=C(C[C@H]1CCCO1)N1CCC[C@H](n2cccn2)C1. The van der Waals surface area contributed by atoms with Gasteiger partial charge in [-0.2, -0.15) is 5.10 Å². The predicted octanol–water partition coefficient (Wildman–Crippen LogP) is 1.62. The molecule has 1 aromatic rings. The standard InChI is InChI=1S/C14H21N3O2/c18-14(10-13-5-2-9-19-13)16-7-1-4-12(11-16)17-8-3-6-15-17/h3,6,8,12-13H,1-2,4-5,7,9-11H2/t12-,13+/m0/s1. The first kappa shape index (κ1) is 12.7. The van der Waals surface area contributed by atoms with Crippen LogP contribution in [0.2, 0.25) is 0 Å². The van der Waals surface area contributed by atoms with E-state index in [0.29, 0.717) is 12.5 Å². The number of aromatic nitrogens is 2. The first-order valence-electron chi connectivity index (χ1n) is 7.21. The second-order valence-corrected chi connectivity index (χ2v) is 5.46. The number of ether oxygens (including phenoxy) is 1. The van der Waals surface area contributed by atoms with Gasteiger partial charge in [0.2, 0.25) is 5.91 Å². The Morgan fingerprint density at radius 2 is 2.32 bits per heavy atom. The van der Waals surface area contributed by atoms with Crippen LogP contribution in [0.1, 0.15) is 38.1 Å². The molecule has 104 valence electrons. The first-order valence-corrected chi connectivity index (χ1v) is 7.21. The Labute approximate surface area is 113 Å². The molecule has 5 nitrogen and oxygen atoms in total. The van der Waals surface area contributed by atoms with Crippen molar-refractivity contribution in [2.75, 3.05) is 19.7 Å². The van der Waals surface area contributed by atoms with Gasteiger partial charge in [-0.15, -0.1) is 0 Å². The number of carbonyl (C=O) groups is 1. The van der Waals surface area contributed by atoms with Crippen molar-refractivity contribution in [3.8, 4) is 0 Å². The Morgan fingerprint density at radius 3 is 3.05 bits per heavy atom. The fourth-order valence-corrected chi connectivity index (χ4v) is 3.02. The summed E-state index contributed by atoms with van der Waals surface area (Å²) in [7, 11) is 0. The Hall–Kier alpha value is -1.36. The number of hydrogen-bond donors (Lipinski definition) is 0. The van der Waals surface area contributed by atoms with E-state index >= 15 is 0 Å². The second kappa shape index (κ2) is 5.74. The van der Waals surface area contributed by atoms with E-state index in [1.54, 1.807) is 6.20 Å². The zero-order valence-corrected chi connectivity index (χ0v) is 11.2. The van der Waals surface area contributed by atoms with Gasteiger partial charge in [0.15, 0.2) is 0 Å². The molecule has 0 bridgehead atoms. The average Bonchev–Trinajstić information content (AvgIpc) is 3.12. The van der Waals surface area contributed by atoms with E-state index in [1.165, 1.54) is 0 Å². The van der Waals surface area contributed by atoms with Crippen LogP contribution in [-0.2, 0) is 9.53 Å². The van der Waals surface area contributed by atoms with Crippen LogP contribution in [-0.4, -0.2) is 46.4 Å². The number of amides is 1. The van der Waals surface area contributed by atoms with E-state index in [9.17, 15) is 4.79 Å². The summed E-state index contributed by atoms with van der Waals surface area (Å²) < 4.78 is 7.53. The molecule has 0 radical (unpaired) electrons. The van der Waals surface area contributed by atoms with Crippen LogP contribution in [0.25, 0.3) is 0 Å². The van der Waals surface area contributed by atoms with Gasteiger partial charge in [0.25, 0.3) is 0 Å². The normalized spacial score (nSPS) is 27.7. The fraction of sp³-hybridized carbons (Fsp3) is 0.714. The number of piperidine rings is 1. The van der Waals surface area contributed by atoms with E-state index in [4.69, 9.17) is 4.74 Å². The molecule has 1 amide bonds. The third kappa shape index (κ3) is 2.97. The lowest BCUT2D eigenvalue weighted by atomic mass is 10.0. The Kier molecular flexibility index (Phi) is 3.82. The minimum absolute atomic E-state index is 0.151. The molecule has 2 aliphatic heterocycles. The number of carbonyl (C=O) groups excluding carboxylic acids is 1. The predicted molar refractivity (Wildman–Crippen MR) is 70.7 cm³/mol. The van der Waals surface area contributed by atoms with Crippen molar-refractivity contribution in [3.63, 3.8) is 0 Å². The lowest BCUT2D eigenvalue weighted by molar-refractivity contribution is -0.135. The third-order valence-electron chi connectivity index (χ3n) is 4.07. The minimum atomic E-state index is 0.151. The van der Waals surface area contributed by atoms with E-state index in [0.717, 1.165) is 45.4 Å². The summed E-state index contributed by atoms with van der Waals surface area (Å²) in [5, 5.41) is 4.29. The van der Waals surface area contributed by atoms with E-state index < -0.39 is 0 Å². The van der Waals surface area contributed by atoms with Crippen LogP contribution in [0.4, 0.5) is 0 Å². The van der Waals surface area contributed by atoms with E-state index in [2.05, 4.69) is 5.10 Å². The number of nitrogens with zero attached hydrogens (tertiary/aromatic N) is 3. The summed E-state index contributed by atoms with van der Waals surface area (Å²) in [6.07, 6.45) is 8.76. The molecular formula is C14H21N3O2. The molecule has 19 heavy (non-hydrogen) atoms. The molecule has 2 atom stereocenters. The van der Waals surface area contributed by atoms with Gasteiger partial charge in [-0.3, -0.25) is 9.48 Å². The summed E-state index contributed by atoms with van der Waals surface area (Å²) in [5.74, 6) is 0.240. The van der Waals surface area contributed by atoms with E-state index in [-0.39, 0.29) is 12.0 Å². The molecule has 0 aromatic carbocycles. The van der Waals surface area contributed by atoms with Crippen molar-refractivity contribution < 1.29 is 9.53 Å². The monoisotopic (exact) mass is 263 g/mol. The molecule has 0 aliphatic carbocycles. The molecule has 0 saturated carbocycles. The smallest absolute Gasteiger partial charge is 0.225 e. The Balaban J connectivity index is 1.56. The topological polar surface area (TPSA) is 47.4 Å². The van der Waals surface area contributed by atoms with Crippen LogP contribution in [0.5, 0.6) is 0 Å². The third-order valence-corrected chi connectivity index (χ3v) is 4.07. The van der Waals surface area contributed by atoms with Gasteiger partial charge in [0.1, 0.15) is 0 Å². The highest BCUT2D eigenvalue weighted by Gasteiger charge is 2.27. The summed E-state index contributed by atoms with van der Waals surface area (Å²) >= 11 is 0. The van der Waals surface area contributed by atoms with Crippen molar-refractivity contribution in [3.05, 3.63) is 18.5 Å². The second-order valence-electron chi connectivity index (χ2n) is 5.46. The highest BCUT2D eigenvalue weighted by atomic mass is 16.5. The number of rotatable bonds is 3. The van der Waals surface area contributed by atoms with Crippen LogP contribution >= 0.6 is 0 Å². The Morgan fingerprint density at radius 1 is 1.37 bits per heavy atom. The van der Waals surface area contributed by atoms with Crippen LogP contribution in [0.15, 0.2) is 18.5 Å². The summed E-state index contributed by atoms with van der Waals surface area (Å²) in [6.45, 7) is 2.48. The zero-order chi connectivity index (χ0) is 13.1. The van der Waals surface area contributed by atoms with Crippen LogP contribution in [0.3, 0.4) is 0 Å². The number of likely N-dealkylation sites (tertiary alicyclic amines) is 1. The van der Waals surface area contributed by atoms with Gasteiger partial charge >= 0.3 is 0 Å². The van der Waals surface area contributed by atoms with E-state index in [1.807, 2.05) is 21.8 Å². The first-order chi connectivity index (χ1) is 9.33. The van der Waals surface area contributed by atoms with Crippen molar-refractivity contribution in [2.45, 2.75) is 44.2 Å². The molecule has 2 fully saturated rings. The molecule has 1 aromatic heterocycles. The quantitative estimate of drug-likeness (QED) is 0.832. The molecule has 0 N–H and O–H groups in total.